The van der Waals surface area contributed by atoms with E-state index in [1.807, 2.05) is 38.1 Å². The number of nitrogens with one attached hydrogen (secondary N) is 2. The molecule has 140 valence electrons. The summed E-state index contributed by atoms with van der Waals surface area (Å²) < 4.78 is 28.0. The van der Waals surface area contributed by atoms with Crippen LogP contribution in [0.3, 0.4) is 0 Å². The number of hydrogen-bond acceptors (Lipinski definition) is 4. The van der Waals surface area contributed by atoms with Crippen LogP contribution in [0.15, 0.2) is 53.4 Å². The first-order chi connectivity index (χ1) is 12.3. The summed E-state index contributed by atoms with van der Waals surface area (Å²) in [7, 11) is 0.0576. The molecule has 2 aromatic carbocycles. The third-order valence-corrected chi connectivity index (χ3v) is 5.26. The Labute approximate surface area is 155 Å². The van der Waals surface area contributed by atoms with Crippen LogP contribution in [0.4, 0.5) is 5.69 Å². The van der Waals surface area contributed by atoms with Crippen LogP contribution < -0.4 is 10.0 Å². The molecule has 1 amide bonds. The number of likely N-dealkylation sites (N-methyl/N-ethyl adjacent to an activating group) is 1. The number of amides is 1. The molecule has 0 unspecified atom stereocenters. The predicted molar refractivity (Wildman–Crippen MR) is 104 cm³/mol. The highest BCUT2D eigenvalue weighted by atomic mass is 32.2. The van der Waals surface area contributed by atoms with E-state index in [2.05, 4.69) is 10.0 Å². The molecule has 0 aliphatic rings. The van der Waals surface area contributed by atoms with Gasteiger partial charge in [0.1, 0.15) is 0 Å². The zero-order chi connectivity index (χ0) is 19.2. The first-order valence-corrected chi connectivity index (χ1v) is 9.95. The van der Waals surface area contributed by atoms with E-state index in [1.165, 1.54) is 12.1 Å². The summed E-state index contributed by atoms with van der Waals surface area (Å²) in [6.07, 6.45) is 0.715. The Bertz CT molecular complexity index is 864. The van der Waals surface area contributed by atoms with E-state index in [0.717, 1.165) is 5.56 Å². The van der Waals surface area contributed by atoms with Gasteiger partial charge in [0.05, 0.1) is 10.6 Å². The lowest BCUT2D eigenvalue weighted by Crippen LogP contribution is -2.31. The number of hydrogen-bond donors (Lipinski definition) is 2. The van der Waals surface area contributed by atoms with Crippen LogP contribution in [-0.2, 0) is 16.4 Å². The van der Waals surface area contributed by atoms with Gasteiger partial charge < -0.3 is 10.2 Å². The van der Waals surface area contributed by atoms with Crippen molar-refractivity contribution < 1.29 is 13.2 Å². The van der Waals surface area contributed by atoms with Crippen molar-refractivity contribution in [2.75, 3.05) is 31.9 Å². The van der Waals surface area contributed by atoms with Crippen molar-refractivity contribution >= 4 is 21.6 Å². The Balaban J connectivity index is 2.18. The molecule has 0 aromatic heterocycles. The Kier molecular flexibility index (Phi) is 6.76. The standard InChI is InChI=1S/C19H25N3O3S/c1-4-15-8-5-6-11-18(15)21-26(24,25)17-10-7-9-16(14-17)19(23)20-12-13-22(2)3/h5-11,14,21H,4,12-13H2,1-3H3,(H,20,23). The van der Waals surface area contributed by atoms with Crippen LogP contribution >= 0.6 is 0 Å². The molecule has 0 spiro atoms. The van der Waals surface area contributed by atoms with E-state index in [9.17, 15) is 13.2 Å². The molecule has 2 rings (SSSR count). The van der Waals surface area contributed by atoms with Crippen molar-refractivity contribution in [1.82, 2.24) is 10.2 Å². The molecule has 0 bridgehead atoms. The molecule has 0 saturated carbocycles. The lowest BCUT2D eigenvalue weighted by Gasteiger charge is -2.13. The monoisotopic (exact) mass is 375 g/mol. The highest BCUT2D eigenvalue weighted by Crippen LogP contribution is 2.21. The minimum absolute atomic E-state index is 0.0589. The number of carbonyl (C=O) groups excluding carboxylic acids is 1. The number of sulfonamides is 1. The number of nitrogens with zero attached hydrogens (tertiary/aromatic N) is 1. The number of para-hydroxylation sites is 1. The van der Waals surface area contributed by atoms with Crippen LogP contribution in [-0.4, -0.2) is 46.4 Å². The molecule has 6 nitrogen and oxygen atoms in total. The molecule has 0 aliphatic heterocycles. The second-order valence-electron chi connectivity index (χ2n) is 6.20. The fraction of sp³-hybridized carbons (Fsp3) is 0.316. The van der Waals surface area contributed by atoms with E-state index in [1.54, 1.807) is 24.3 Å². The first-order valence-electron chi connectivity index (χ1n) is 8.47. The Morgan fingerprint density at radius 2 is 1.81 bits per heavy atom. The number of aryl methyl sites for hydroxylation is 1. The molecular formula is C19H25N3O3S. The molecule has 7 heteroatoms. The van der Waals surface area contributed by atoms with Gasteiger partial charge in [-0.15, -0.1) is 0 Å². The van der Waals surface area contributed by atoms with Gasteiger partial charge in [-0.2, -0.15) is 0 Å². The van der Waals surface area contributed by atoms with Gasteiger partial charge in [-0.1, -0.05) is 31.2 Å². The fourth-order valence-corrected chi connectivity index (χ4v) is 3.58. The van der Waals surface area contributed by atoms with Crippen molar-refractivity contribution in [3.8, 4) is 0 Å². The number of carbonyl (C=O) groups is 1. The maximum atomic E-state index is 12.7. The summed E-state index contributed by atoms with van der Waals surface area (Å²) in [4.78, 5) is 14.2. The van der Waals surface area contributed by atoms with Crippen molar-refractivity contribution in [1.29, 1.82) is 0 Å². The number of anilines is 1. The largest absolute Gasteiger partial charge is 0.351 e. The summed E-state index contributed by atoms with van der Waals surface area (Å²) in [5.41, 5.74) is 1.78. The van der Waals surface area contributed by atoms with Crippen LogP contribution in [0.25, 0.3) is 0 Å². The molecule has 0 heterocycles. The van der Waals surface area contributed by atoms with Gasteiger partial charge in [0.2, 0.25) is 0 Å². The minimum Gasteiger partial charge on any atom is -0.351 e. The van der Waals surface area contributed by atoms with Gasteiger partial charge >= 0.3 is 0 Å². The molecule has 2 N–H and O–H groups in total. The summed E-state index contributed by atoms with van der Waals surface area (Å²) in [6.45, 7) is 3.16. The number of rotatable bonds is 8. The molecule has 2 aromatic rings. The maximum absolute atomic E-state index is 12.7. The van der Waals surface area contributed by atoms with Crippen molar-refractivity contribution in [3.63, 3.8) is 0 Å². The van der Waals surface area contributed by atoms with Gasteiger partial charge in [-0.25, -0.2) is 8.42 Å². The number of benzene rings is 2. The molecular weight excluding hydrogens is 350 g/mol. The molecule has 0 saturated heterocycles. The van der Waals surface area contributed by atoms with Crippen LogP contribution in [0.5, 0.6) is 0 Å². The van der Waals surface area contributed by atoms with E-state index < -0.39 is 10.0 Å². The van der Waals surface area contributed by atoms with Gasteiger partial charge in [0.25, 0.3) is 15.9 Å². The Hall–Kier alpha value is -2.38. The molecule has 26 heavy (non-hydrogen) atoms. The minimum atomic E-state index is -3.77. The summed E-state index contributed by atoms with van der Waals surface area (Å²) in [6, 6.07) is 13.3. The second-order valence-corrected chi connectivity index (χ2v) is 7.89. The van der Waals surface area contributed by atoms with E-state index in [0.29, 0.717) is 30.8 Å². The predicted octanol–water partition coefficient (Wildman–Crippen LogP) is 2.34. The zero-order valence-electron chi connectivity index (χ0n) is 15.3. The van der Waals surface area contributed by atoms with Crippen molar-refractivity contribution in [2.24, 2.45) is 0 Å². The Morgan fingerprint density at radius 3 is 2.50 bits per heavy atom. The average Bonchev–Trinajstić information content (AvgIpc) is 2.61. The van der Waals surface area contributed by atoms with E-state index in [4.69, 9.17) is 0 Å². The van der Waals surface area contributed by atoms with Crippen LogP contribution in [0.2, 0.25) is 0 Å². The van der Waals surface area contributed by atoms with Crippen LogP contribution in [0.1, 0.15) is 22.8 Å². The highest BCUT2D eigenvalue weighted by molar-refractivity contribution is 7.92. The lowest BCUT2D eigenvalue weighted by molar-refractivity contribution is 0.0951. The fourth-order valence-electron chi connectivity index (χ4n) is 2.43. The van der Waals surface area contributed by atoms with Crippen molar-refractivity contribution in [2.45, 2.75) is 18.2 Å². The van der Waals surface area contributed by atoms with Gasteiger partial charge in [0, 0.05) is 18.7 Å². The topological polar surface area (TPSA) is 78.5 Å². The Morgan fingerprint density at radius 1 is 1.08 bits per heavy atom. The average molecular weight is 375 g/mol. The highest BCUT2D eigenvalue weighted by Gasteiger charge is 2.17. The summed E-state index contributed by atoms with van der Waals surface area (Å²) >= 11 is 0. The molecule has 0 atom stereocenters. The third kappa shape index (κ3) is 5.31. The lowest BCUT2D eigenvalue weighted by atomic mass is 10.1. The normalized spacial score (nSPS) is 11.4. The SMILES string of the molecule is CCc1ccccc1NS(=O)(=O)c1cccc(C(=O)NCCN(C)C)c1. The molecule has 0 fully saturated rings. The van der Waals surface area contributed by atoms with Gasteiger partial charge in [0.15, 0.2) is 0 Å². The van der Waals surface area contributed by atoms with Crippen LogP contribution in [0, 0.1) is 0 Å². The summed E-state index contributed by atoms with van der Waals surface area (Å²) in [5.74, 6) is -0.294. The smallest absolute Gasteiger partial charge is 0.261 e. The second kappa shape index (κ2) is 8.82. The van der Waals surface area contributed by atoms with Gasteiger partial charge in [-0.05, 0) is 50.3 Å². The van der Waals surface area contributed by atoms with E-state index >= 15 is 0 Å². The van der Waals surface area contributed by atoms with Crippen molar-refractivity contribution in [3.05, 3.63) is 59.7 Å². The molecule has 0 aliphatic carbocycles. The quantitative estimate of drug-likeness (QED) is 0.742. The van der Waals surface area contributed by atoms with Gasteiger partial charge in [-0.3, -0.25) is 9.52 Å². The molecule has 0 radical (unpaired) electrons. The maximum Gasteiger partial charge on any atom is 0.261 e. The zero-order valence-corrected chi connectivity index (χ0v) is 16.1. The van der Waals surface area contributed by atoms with E-state index in [-0.39, 0.29) is 10.8 Å². The third-order valence-electron chi connectivity index (χ3n) is 3.89. The first kappa shape index (κ1) is 19.9. The summed E-state index contributed by atoms with van der Waals surface area (Å²) in [5, 5.41) is 2.78.